The van der Waals surface area contributed by atoms with Crippen molar-refractivity contribution >= 4 is 6.09 Å². The van der Waals surface area contributed by atoms with Crippen LogP contribution in [0.2, 0.25) is 0 Å². The van der Waals surface area contributed by atoms with E-state index in [4.69, 9.17) is 14.2 Å². The van der Waals surface area contributed by atoms with E-state index in [1.165, 1.54) is 0 Å². The monoisotopic (exact) mass is 308 g/mol. The summed E-state index contributed by atoms with van der Waals surface area (Å²) in [5, 5.41) is 2.83. The smallest absolute Gasteiger partial charge is 0.407 e. The Kier molecular flexibility index (Phi) is 6.48. The number of rotatable bonds is 6. The van der Waals surface area contributed by atoms with E-state index in [1.807, 2.05) is 24.3 Å². The zero-order valence-corrected chi connectivity index (χ0v) is 13.2. The van der Waals surface area contributed by atoms with E-state index in [1.54, 1.807) is 14.0 Å². The molecule has 0 radical (unpaired) electrons. The van der Waals surface area contributed by atoms with Crippen molar-refractivity contribution < 1.29 is 19.0 Å². The van der Waals surface area contributed by atoms with Gasteiger partial charge in [-0.25, -0.2) is 4.79 Å². The van der Waals surface area contributed by atoms with E-state index in [0.29, 0.717) is 26.4 Å². The molecule has 1 aromatic rings. The SMILES string of the molecule is CCOC(=O)NCC(c1ccccc1OC)N1CCOCC1. The van der Waals surface area contributed by atoms with Crippen molar-refractivity contribution in [3.63, 3.8) is 0 Å². The van der Waals surface area contributed by atoms with E-state index < -0.39 is 6.09 Å². The van der Waals surface area contributed by atoms with Crippen LogP contribution >= 0.6 is 0 Å². The summed E-state index contributed by atoms with van der Waals surface area (Å²) in [4.78, 5) is 13.9. The zero-order chi connectivity index (χ0) is 15.8. The standard InChI is InChI=1S/C16H24N2O4/c1-3-22-16(19)17-12-14(18-8-10-21-11-9-18)13-6-4-5-7-15(13)20-2/h4-7,14H,3,8-12H2,1-2H3,(H,17,19). The van der Waals surface area contributed by atoms with Gasteiger partial charge in [-0.3, -0.25) is 4.90 Å². The van der Waals surface area contributed by atoms with Crippen molar-refractivity contribution in [2.45, 2.75) is 13.0 Å². The summed E-state index contributed by atoms with van der Waals surface area (Å²) in [6.45, 7) is 5.68. The Balaban J connectivity index is 2.14. The van der Waals surface area contributed by atoms with Crippen LogP contribution in [0.3, 0.4) is 0 Å². The number of morpholine rings is 1. The number of benzene rings is 1. The first-order valence-corrected chi connectivity index (χ1v) is 7.61. The summed E-state index contributed by atoms with van der Waals surface area (Å²) < 4.78 is 15.8. The van der Waals surface area contributed by atoms with Crippen molar-refractivity contribution in [2.75, 3.05) is 46.6 Å². The lowest BCUT2D eigenvalue weighted by atomic mass is 10.0. The highest BCUT2D eigenvalue weighted by atomic mass is 16.5. The van der Waals surface area contributed by atoms with Gasteiger partial charge in [0, 0.05) is 25.2 Å². The first kappa shape index (κ1) is 16.6. The highest BCUT2D eigenvalue weighted by molar-refractivity contribution is 5.67. The maximum atomic E-state index is 11.6. The van der Waals surface area contributed by atoms with Gasteiger partial charge in [0.05, 0.1) is 33.0 Å². The molecular formula is C16H24N2O4. The largest absolute Gasteiger partial charge is 0.496 e. The summed E-state index contributed by atoms with van der Waals surface area (Å²) in [5.74, 6) is 0.824. The number of carbonyl (C=O) groups excluding carboxylic acids is 1. The lowest BCUT2D eigenvalue weighted by Gasteiger charge is -2.35. The number of nitrogens with zero attached hydrogens (tertiary/aromatic N) is 1. The summed E-state index contributed by atoms with van der Waals surface area (Å²) in [7, 11) is 1.66. The van der Waals surface area contributed by atoms with E-state index in [2.05, 4.69) is 10.2 Å². The molecule has 0 bridgehead atoms. The normalized spacial score (nSPS) is 16.8. The fourth-order valence-electron chi connectivity index (χ4n) is 2.63. The van der Waals surface area contributed by atoms with Crippen molar-refractivity contribution in [1.82, 2.24) is 10.2 Å². The molecule has 1 saturated heterocycles. The summed E-state index contributed by atoms with van der Waals surface area (Å²) >= 11 is 0. The Morgan fingerprint density at radius 2 is 2.09 bits per heavy atom. The quantitative estimate of drug-likeness (QED) is 0.868. The van der Waals surface area contributed by atoms with Gasteiger partial charge in [0.15, 0.2) is 0 Å². The Hall–Kier alpha value is -1.79. The van der Waals surface area contributed by atoms with Crippen LogP contribution in [-0.2, 0) is 9.47 Å². The molecule has 1 amide bonds. The van der Waals surface area contributed by atoms with E-state index in [9.17, 15) is 4.79 Å². The minimum atomic E-state index is -0.393. The summed E-state index contributed by atoms with van der Waals surface area (Å²) in [6, 6.07) is 7.93. The molecule has 1 aromatic carbocycles. The number of nitrogens with one attached hydrogen (secondary N) is 1. The van der Waals surface area contributed by atoms with Crippen molar-refractivity contribution in [3.8, 4) is 5.75 Å². The summed E-state index contributed by atoms with van der Waals surface area (Å²) in [5.41, 5.74) is 1.06. The molecular weight excluding hydrogens is 284 g/mol. The summed E-state index contributed by atoms with van der Waals surface area (Å²) in [6.07, 6.45) is -0.393. The van der Waals surface area contributed by atoms with Gasteiger partial charge in [0.1, 0.15) is 5.75 Å². The highest BCUT2D eigenvalue weighted by Crippen LogP contribution is 2.29. The lowest BCUT2D eigenvalue weighted by molar-refractivity contribution is 0.0156. The second-order valence-electron chi connectivity index (χ2n) is 5.01. The maximum absolute atomic E-state index is 11.6. The molecule has 0 spiro atoms. The van der Waals surface area contributed by atoms with Crippen LogP contribution in [0.4, 0.5) is 4.79 Å². The number of hydrogen-bond donors (Lipinski definition) is 1. The number of carbonyl (C=O) groups is 1. The Morgan fingerprint density at radius 3 is 2.77 bits per heavy atom. The van der Waals surface area contributed by atoms with Crippen LogP contribution in [0.1, 0.15) is 18.5 Å². The average Bonchev–Trinajstić information content (AvgIpc) is 2.57. The zero-order valence-electron chi connectivity index (χ0n) is 13.2. The number of alkyl carbamates (subject to hydrolysis) is 1. The molecule has 0 saturated carbocycles. The molecule has 1 aliphatic heterocycles. The molecule has 1 N–H and O–H groups in total. The molecule has 0 aliphatic carbocycles. The van der Waals surface area contributed by atoms with Gasteiger partial charge in [0.25, 0.3) is 0 Å². The molecule has 1 aliphatic rings. The third-order valence-electron chi connectivity index (χ3n) is 3.70. The Labute approximate surface area is 131 Å². The number of methoxy groups -OCH3 is 1. The van der Waals surface area contributed by atoms with Gasteiger partial charge in [-0.1, -0.05) is 18.2 Å². The fraction of sp³-hybridized carbons (Fsp3) is 0.562. The topological polar surface area (TPSA) is 60.0 Å². The van der Waals surface area contributed by atoms with Crippen LogP contribution in [0, 0.1) is 0 Å². The number of ether oxygens (including phenoxy) is 3. The third-order valence-corrected chi connectivity index (χ3v) is 3.70. The number of amides is 1. The Morgan fingerprint density at radius 1 is 1.36 bits per heavy atom. The van der Waals surface area contributed by atoms with Gasteiger partial charge in [-0.2, -0.15) is 0 Å². The van der Waals surface area contributed by atoms with Gasteiger partial charge in [0.2, 0.25) is 0 Å². The van der Waals surface area contributed by atoms with Gasteiger partial charge in [-0.15, -0.1) is 0 Å². The molecule has 1 unspecified atom stereocenters. The number of hydrogen-bond acceptors (Lipinski definition) is 5. The van der Waals surface area contributed by atoms with E-state index in [0.717, 1.165) is 24.4 Å². The molecule has 0 aromatic heterocycles. The van der Waals surface area contributed by atoms with Crippen molar-refractivity contribution in [3.05, 3.63) is 29.8 Å². The molecule has 1 atom stereocenters. The average molecular weight is 308 g/mol. The van der Waals surface area contributed by atoms with Crippen LogP contribution in [0.5, 0.6) is 5.75 Å². The first-order valence-electron chi connectivity index (χ1n) is 7.61. The molecule has 122 valence electrons. The predicted octanol–water partition coefficient (Wildman–Crippen LogP) is 1.81. The Bertz CT molecular complexity index is 475. The third kappa shape index (κ3) is 4.35. The molecule has 6 heteroatoms. The van der Waals surface area contributed by atoms with Crippen molar-refractivity contribution in [1.29, 1.82) is 0 Å². The first-order chi connectivity index (χ1) is 10.8. The van der Waals surface area contributed by atoms with Crippen molar-refractivity contribution in [2.24, 2.45) is 0 Å². The van der Waals surface area contributed by atoms with Crippen LogP contribution in [0.15, 0.2) is 24.3 Å². The van der Waals surface area contributed by atoms with Crippen LogP contribution in [-0.4, -0.2) is 57.6 Å². The highest BCUT2D eigenvalue weighted by Gasteiger charge is 2.25. The predicted molar refractivity (Wildman–Crippen MR) is 83.2 cm³/mol. The minimum absolute atomic E-state index is 0.0319. The van der Waals surface area contributed by atoms with E-state index >= 15 is 0 Å². The minimum Gasteiger partial charge on any atom is -0.496 e. The fourth-order valence-corrected chi connectivity index (χ4v) is 2.63. The molecule has 6 nitrogen and oxygen atoms in total. The van der Waals surface area contributed by atoms with Gasteiger partial charge >= 0.3 is 6.09 Å². The van der Waals surface area contributed by atoms with Gasteiger partial charge < -0.3 is 19.5 Å². The number of para-hydroxylation sites is 1. The molecule has 2 rings (SSSR count). The second-order valence-corrected chi connectivity index (χ2v) is 5.01. The van der Waals surface area contributed by atoms with Crippen LogP contribution < -0.4 is 10.1 Å². The molecule has 22 heavy (non-hydrogen) atoms. The van der Waals surface area contributed by atoms with E-state index in [-0.39, 0.29) is 6.04 Å². The second kappa shape index (κ2) is 8.60. The lowest BCUT2D eigenvalue weighted by Crippen LogP contribution is -2.44. The molecule has 1 fully saturated rings. The molecule has 1 heterocycles. The van der Waals surface area contributed by atoms with Gasteiger partial charge in [-0.05, 0) is 13.0 Å². The van der Waals surface area contributed by atoms with Crippen LogP contribution in [0.25, 0.3) is 0 Å². The maximum Gasteiger partial charge on any atom is 0.407 e.